The summed E-state index contributed by atoms with van der Waals surface area (Å²) in [5, 5.41) is 0. The number of carbonyl (C=O) groups excluding carboxylic acids is 2. The number of pyridine rings is 1. The molecule has 2 aliphatic heterocycles. The van der Waals surface area contributed by atoms with Crippen molar-refractivity contribution in [1.82, 2.24) is 19.9 Å². The molecule has 4 heterocycles. The molecule has 4 rings (SSSR count). The van der Waals surface area contributed by atoms with Crippen LogP contribution in [0.2, 0.25) is 0 Å². The third-order valence-electron chi connectivity index (χ3n) is 6.05. The van der Waals surface area contributed by atoms with Gasteiger partial charge in [0.05, 0.1) is 19.6 Å². The minimum absolute atomic E-state index is 0.00175. The van der Waals surface area contributed by atoms with E-state index in [-0.39, 0.29) is 17.2 Å². The van der Waals surface area contributed by atoms with Gasteiger partial charge in [-0.1, -0.05) is 6.92 Å². The lowest BCUT2D eigenvalue weighted by atomic mass is 9.80. The molecule has 0 radical (unpaired) electrons. The number of amides is 2. The van der Waals surface area contributed by atoms with Gasteiger partial charge < -0.3 is 9.64 Å². The highest BCUT2D eigenvalue weighted by atomic mass is 16.5. The lowest BCUT2D eigenvalue weighted by Gasteiger charge is -2.39. The summed E-state index contributed by atoms with van der Waals surface area (Å²) in [7, 11) is 1.62. The van der Waals surface area contributed by atoms with Crippen LogP contribution in [0.4, 0.5) is 5.82 Å². The molecule has 1 saturated heterocycles. The first-order chi connectivity index (χ1) is 14.4. The quantitative estimate of drug-likeness (QED) is 0.750. The largest absolute Gasteiger partial charge is 0.383 e. The van der Waals surface area contributed by atoms with Crippen molar-refractivity contribution in [3.05, 3.63) is 47.2 Å². The van der Waals surface area contributed by atoms with Gasteiger partial charge in [-0.3, -0.25) is 19.5 Å². The molecule has 30 heavy (non-hydrogen) atoms. The second-order valence-corrected chi connectivity index (χ2v) is 8.28. The summed E-state index contributed by atoms with van der Waals surface area (Å²) in [5.41, 5.74) is 1.99. The van der Waals surface area contributed by atoms with Gasteiger partial charge in [0.2, 0.25) is 5.91 Å². The van der Waals surface area contributed by atoms with E-state index in [1.54, 1.807) is 36.5 Å². The fourth-order valence-electron chi connectivity index (χ4n) is 4.33. The number of hydrogen-bond donors (Lipinski definition) is 0. The van der Waals surface area contributed by atoms with E-state index < -0.39 is 0 Å². The molecule has 8 heteroatoms. The van der Waals surface area contributed by atoms with Crippen LogP contribution in [0.25, 0.3) is 0 Å². The van der Waals surface area contributed by atoms with Crippen molar-refractivity contribution in [2.75, 3.05) is 38.3 Å². The minimum atomic E-state index is -0.376. The zero-order valence-electron chi connectivity index (χ0n) is 17.7. The first kappa shape index (κ1) is 20.4. The number of likely N-dealkylation sites (tertiary alicyclic amines) is 1. The van der Waals surface area contributed by atoms with E-state index in [1.807, 2.05) is 11.8 Å². The Labute approximate surface area is 176 Å². The summed E-state index contributed by atoms with van der Waals surface area (Å²) in [5.74, 6) is 1.42. The molecular weight excluding hydrogens is 382 g/mol. The van der Waals surface area contributed by atoms with Crippen LogP contribution in [-0.4, -0.2) is 65.0 Å². The first-order valence-corrected chi connectivity index (χ1v) is 10.3. The Hall–Kier alpha value is -2.87. The highest BCUT2D eigenvalue weighted by Crippen LogP contribution is 2.36. The minimum Gasteiger partial charge on any atom is -0.383 e. The second kappa shape index (κ2) is 8.10. The molecule has 0 bridgehead atoms. The van der Waals surface area contributed by atoms with Crippen molar-refractivity contribution < 1.29 is 14.3 Å². The predicted octanol–water partition coefficient (Wildman–Crippen LogP) is 1.91. The molecule has 0 spiro atoms. The van der Waals surface area contributed by atoms with Crippen LogP contribution in [0.1, 0.15) is 47.2 Å². The third kappa shape index (κ3) is 3.67. The molecule has 1 fully saturated rings. The van der Waals surface area contributed by atoms with E-state index in [4.69, 9.17) is 14.7 Å². The van der Waals surface area contributed by atoms with Gasteiger partial charge in [0.15, 0.2) is 0 Å². The van der Waals surface area contributed by atoms with Crippen LogP contribution in [0.3, 0.4) is 0 Å². The Morgan fingerprint density at radius 1 is 1.27 bits per heavy atom. The van der Waals surface area contributed by atoms with Crippen molar-refractivity contribution >= 4 is 17.6 Å². The number of carbonyl (C=O) groups is 2. The predicted molar refractivity (Wildman–Crippen MR) is 111 cm³/mol. The maximum Gasteiger partial charge on any atom is 0.253 e. The zero-order valence-corrected chi connectivity index (χ0v) is 17.7. The fraction of sp³-hybridized carbons (Fsp3) is 0.500. The van der Waals surface area contributed by atoms with Gasteiger partial charge in [-0.25, -0.2) is 9.97 Å². The normalized spacial score (nSPS) is 21.1. The summed E-state index contributed by atoms with van der Waals surface area (Å²) in [6.07, 6.45) is 5.36. The summed E-state index contributed by atoms with van der Waals surface area (Å²) in [6.45, 7) is 6.22. The zero-order chi connectivity index (χ0) is 21.3. The molecule has 0 unspecified atom stereocenters. The van der Waals surface area contributed by atoms with Crippen LogP contribution in [-0.2, 0) is 21.4 Å². The summed E-state index contributed by atoms with van der Waals surface area (Å²) < 4.78 is 5.16. The molecule has 2 aromatic rings. The van der Waals surface area contributed by atoms with Gasteiger partial charge >= 0.3 is 0 Å². The smallest absolute Gasteiger partial charge is 0.253 e. The van der Waals surface area contributed by atoms with E-state index in [1.165, 1.54) is 0 Å². The Bertz CT molecular complexity index is 965. The van der Waals surface area contributed by atoms with Crippen molar-refractivity contribution in [2.45, 2.75) is 38.5 Å². The average molecular weight is 409 g/mol. The summed E-state index contributed by atoms with van der Waals surface area (Å²) in [4.78, 5) is 42.7. The molecule has 1 atom stereocenters. The molecule has 158 valence electrons. The molecular formula is C22H27N5O3. The van der Waals surface area contributed by atoms with Crippen LogP contribution in [0.5, 0.6) is 0 Å². The number of aryl methyl sites for hydroxylation is 1. The number of piperidine rings is 1. The van der Waals surface area contributed by atoms with Gasteiger partial charge in [-0.15, -0.1) is 0 Å². The van der Waals surface area contributed by atoms with Gasteiger partial charge in [0, 0.05) is 54.8 Å². The summed E-state index contributed by atoms with van der Waals surface area (Å²) in [6, 6.07) is 3.48. The van der Waals surface area contributed by atoms with Gasteiger partial charge in [-0.2, -0.15) is 0 Å². The standard InChI is InChI=1S/C22H27N5O3/c1-15-17-13-18(28)27(11-12-30-3)19(17)25-21(24-15)22(2)7-4-10-26(14-22)20(29)16-5-8-23-9-6-16/h5-6,8-9H,4,7,10-14H2,1-3H3/t22-/m0/s1. The fourth-order valence-corrected chi connectivity index (χ4v) is 4.33. The second-order valence-electron chi connectivity index (χ2n) is 8.28. The van der Waals surface area contributed by atoms with Crippen molar-refractivity contribution in [3.63, 3.8) is 0 Å². The van der Waals surface area contributed by atoms with Crippen LogP contribution >= 0.6 is 0 Å². The SMILES string of the molecule is COCCN1C(=O)Cc2c(C)nc([C@@]3(C)CCCN(C(=O)c4ccncc4)C3)nc21. The summed E-state index contributed by atoms with van der Waals surface area (Å²) >= 11 is 0. The van der Waals surface area contributed by atoms with Crippen LogP contribution in [0.15, 0.2) is 24.5 Å². The van der Waals surface area contributed by atoms with Crippen molar-refractivity contribution in [3.8, 4) is 0 Å². The van der Waals surface area contributed by atoms with Gasteiger partial charge in [-0.05, 0) is 31.9 Å². The molecule has 2 aliphatic rings. The number of fused-ring (bicyclic) bond motifs is 1. The van der Waals surface area contributed by atoms with Crippen molar-refractivity contribution in [2.24, 2.45) is 0 Å². The average Bonchev–Trinajstić information content (AvgIpc) is 3.08. The Balaban J connectivity index is 1.63. The van der Waals surface area contributed by atoms with Gasteiger partial charge in [0.25, 0.3) is 5.91 Å². The first-order valence-electron chi connectivity index (χ1n) is 10.3. The Kier molecular flexibility index (Phi) is 5.51. The lowest BCUT2D eigenvalue weighted by Crippen LogP contribution is -2.48. The number of nitrogens with zero attached hydrogens (tertiary/aromatic N) is 5. The molecule has 0 aliphatic carbocycles. The van der Waals surface area contributed by atoms with E-state index >= 15 is 0 Å². The van der Waals surface area contributed by atoms with E-state index in [0.717, 1.165) is 24.1 Å². The molecule has 2 aromatic heterocycles. The van der Waals surface area contributed by atoms with E-state index in [0.29, 0.717) is 49.9 Å². The highest BCUT2D eigenvalue weighted by molar-refractivity contribution is 6.00. The molecule has 2 amide bonds. The highest BCUT2D eigenvalue weighted by Gasteiger charge is 2.40. The van der Waals surface area contributed by atoms with Crippen LogP contribution < -0.4 is 4.90 Å². The van der Waals surface area contributed by atoms with Crippen LogP contribution in [0, 0.1) is 6.92 Å². The Morgan fingerprint density at radius 2 is 2.03 bits per heavy atom. The number of anilines is 1. The monoisotopic (exact) mass is 409 g/mol. The topological polar surface area (TPSA) is 88.5 Å². The maximum atomic E-state index is 13.0. The molecule has 0 N–H and O–H groups in total. The lowest BCUT2D eigenvalue weighted by molar-refractivity contribution is -0.117. The molecule has 0 aromatic carbocycles. The number of rotatable bonds is 5. The number of hydrogen-bond acceptors (Lipinski definition) is 6. The third-order valence-corrected chi connectivity index (χ3v) is 6.05. The Morgan fingerprint density at radius 3 is 2.77 bits per heavy atom. The molecule has 8 nitrogen and oxygen atoms in total. The van der Waals surface area contributed by atoms with Gasteiger partial charge in [0.1, 0.15) is 11.6 Å². The number of aromatic nitrogens is 3. The number of methoxy groups -OCH3 is 1. The maximum absolute atomic E-state index is 13.0. The van der Waals surface area contributed by atoms with E-state index in [2.05, 4.69) is 11.9 Å². The van der Waals surface area contributed by atoms with E-state index in [9.17, 15) is 9.59 Å². The molecule has 0 saturated carbocycles. The number of ether oxygens (including phenoxy) is 1. The van der Waals surface area contributed by atoms with Crippen molar-refractivity contribution in [1.29, 1.82) is 0 Å².